The summed E-state index contributed by atoms with van der Waals surface area (Å²) in [5, 5.41) is 8.89. The van der Waals surface area contributed by atoms with E-state index in [1.807, 2.05) is 0 Å². The van der Waals surface area contributed by atoms with Crippen LogP contribution in [0.4, 0.5) is 0 Å². The Balaban J connectivity index is 2.63. The summed E-state index contributed by atoms with van der Waals surface area (Å²) >= 11 is 0. The van der Waals surface area contributed by atoms with Gasteiger partial charge in [-0.05, 0) is 25.5 Å². The predicted octanol–water partition coefficient (Wildman–Crippen LogP) is 0.859. The van der Waals surface area contributed by atoms with E-state index in [0.29, 0.717) is 25.1 Å². The van der Waals surface area contributed by atoms with Gasteiger partial charge in [-0.3, -0.25) is 14.6 Å². The van der Waals surface area contributed by atoms with Gasteiger partial charge in [0.25, 0.3) is 5.91 Å². The quantitative estimate of drug-likeness (QED) is 0.714. The number of carbonyl (C=O) groups is 2. The van der Waals surface area contributed by atoms with E-state index in [4.69, 9.17) is 9.84 Å². The van der Waals surface area contributed by atoms with Crippen LogP contribution in [-0.4, -0.2) is 53.2 Å². The van der Waals surface area contributed by atoms with Gasteiger partial charge in [0, 0.05) is 37.7 Å². The molecular formula is C14H20N2O4. The second-order valence-corrected chi connectivity index (χ2v) is 4.16. The lowest BCUT2D eigenvalue weighted by atomic mass is 10.2. The van der Waals surface area contributed by atoms with Gasteiger partial charge in [-0.1, -0.05) is 0 Å². The average molecular weight is 280 g/mol. The summed E-state index contributed by atoms with van der Waals surface area (Å²) in [6.45, 7) is 2.74. The Morgan fingerprint density at radius 2 is 2.00 bits per heavy atom. The topological polar surface area (TPSA) is 79.7 Å². The molecule has 0 aliphatic rings. The van der Waals surface area contributed by atoms with Crippen LogP contribution in [0.1, 0.15) is 30.1 Å². The first-order valence-electron chi connectivity index (χ1n) is 6.64. The van der Waals surface area contributed by atoms with Crippen LogP contribution in [0.5, 0.6) is 0 Å². The normalized spacial score (nSPS) is 10.1. The highest BCUT2D eigenvalue weighted by molar-refractivity contribution is 5.94. The van der Waals surface area contributed by atoms with E-state index >= 15 is 0 Å². The maximum atomic E-state index is 12.3. The van der Waals surface area contributed by atoms with Crippen LogP contribution in [-0.2, 0) is 9.53 Å². The maximum Gasteiger partial charge on any atom is 0.307 e. The highest BCUT2D eigenvalue weighted by Crippen LogP contribution is 2.06. The third-order valence-electron chi connectivity index (χ3n) is 2.69. The van der Waals surface area contributed by atoms with Gasteiger partial charge in [-0.2, -0.15) is 0 Å². The van der Waals surface area contributed by atoms with Gasteiger partial charge >= 0.3 is 5.97 Å². The van der Waals surface area contributed by atoms with Crippen molar-refractivity contribution in [3.8, 4) is 0 Å². The van der Waals surface area contributed by atoms with Gasteiger partial charge in [0.2, 0.25) is 0 Å². The molecule has 0 saturated carbocycles. The van der Waals surface area contributed by atoms with Crippen molar-refractivity contribution in [1.29, 1.82) is 0 Å². The van der Waals surface area contributed by atoms with Crippen molar-refractivity contribution in [1.82, 2.24) is 9.88 Å². The fourth-order valence-electron chi connectivity index (χ4n) is 1.71. The number of aliphatic hydroxyl groups is 1. The van der Waals surface area contributed by atoms with E-state index < -0.39 is 0 Å². The van der Waals surface area contributed by atoms with E-state index in [-0.39, 0.29) is 31.4 Å². The summed E-state index contributed by atoms with van der Waals surface area (Å²) < 4.78 is 4.85. The highest BCUT2D eigenvalue weighted by Gasteiger charge is 2.16. The van der Waals surface area contributed by atoms with Gasteiger partial charge in [0.05, 0.1) is 13.0 Å². The number of ether oxygens (including phenoxy) is 1. The summed E-state index contributed by atoms with van der Waals surface area (Å²) in [4.78, 5) is 29.1. The number of aliphatic hydroxyl groups excluding tert-OH is 1. The van der Waals surface area contributed by atoms with Gasteiger partial charge in [-0.25, -0.2) is 0 Å². The summed E-state index contributed by atoms with van der Waals surface area (Å²) in [7, 11) is 0. The molecule has 110 valence electrons. The van der Waals surface area contributed by atoms with E-state index in [1.165, 1.54) is 0 Å². The zero-order valence-corrected chi connectivity index (χ0v) is 11.6. The molecule has 1 amide bonds. The van der Waals surface area contributed by atoms with Crippen LogP contribution in [0.3, 0.4) is 0 Å². The Labute approximate surface area is 118 Å². The van der Waals surface area contributed by atoms with Crippen LogP contribution in [0, 0.1) is 0 Å². The number of hydrogen-bond donors (Lipinski definition) is 1. The molecule has 6 nitrogen and oxygen atoms in total. The van der Waals surface area contributed by atoms with Crippen LogP contribution >= 0.6 is 0 Å². The largest absolute Gasteiger partial charge is 0.466 e. The average Bonchev–Trinajstić information content (AvgIpc) is 2.48. The number of nitrogens with zero attached hydrogens (tertiary/aromatic N) is 2. The molecule has 1 aromatic rings. The summed E-state index contributed by atoms with van der Waals surface area (Å²) in [5.41, 5.74) is 0.516. The zero-order valence-electron chi connectivity index (χ0n) is 11.6. The van der Waals surface area contributed by atoms with E-state index in [9.17, 15) is 9.59 Å². The number of esters is 1. The molecule has 0 saturated heterocycles. The second kappa shape index (κ2) is 9.03. The lowest BCUT2D eigenvalue weighted by Gasteiger charge is -2.22. The molecule has 1 rings (SSSR count). The van der Waals surface area contributed by atoms with Crippen molar-refractivity contribution >= 4 is 11.9 Å². The lowest BCUT2D eigenvalue weighted by Crippen LogP contribution is -2.34. The van der Waals surface area contributed by atoms with Crippen molar-refractivity contribution in [3.63, 3.8) is 0 Å². The molecule has 0 aliphatic carbocycles. The first-order chi connectivity index (χ1) is 9.69. The smallest absolute Gasteiger partial charge is 0.307 e. The number of carbonyl (C=O) groups excluding carboxylic acids is 2. The summed E-state index contributed by atoms with van der Waals surface area (Å²) in [6, 6.07) is 3.25. The lowest BCUT2D eigenvalue weighted by molar-refractivity contribution is -0.143. The molecular weight excluding hydrogens is 260 g/mol. The van der Waals surface area contributed by atoms with Crippen molar-refractivity contribution in [2.75, 3.05) is 26.3 Å². The van der Waals surface area contributed by atoms with Crippen LogP contribution in [0.2, 0.25) is 0 Å². The first kappa shape index (κ1) is 16.1. The van der Waals surface area contributed by atoms with Crippen LogP contribution < -0.4 is 0 Å². The second-order valence-electron chi connectivity index (χ2n) is 4.16. The minimum atomic E-state index is -0.330. The Bertz CT molecular complexity index is 422. The molecule has 20 heavy (non-hydrogen) atoms. The molecule has 1 aromatic heterocycles. The molecule has 1 N–H and O–H groups in total. The van der Waals surface area contributed by atoms with Gasteiger partial charge in [0.15, 0.2) is 0 Å². The number of pyridine rings is 1. The molecule has 6 heteroatoms. The van der Waals surface area contributed by atoms with Gasteiger partial charge < -0.3 is 14.7 Å². The molecule has 0 spiro atoms. The molecule has 0 aromatic carbocycles. The molecule has 1 heterocycles. The van der Waals surface area contributed by atoms with E-state index in [1.54, 1.807) is 36.4 Å². The Morgan fingerprint density at radius 1 is 1.30 bits per heavy atom. The third-order valence-corrected chi connectivity index (χ3v) is 2.69. The Kier molecular flexibility index (Phi) is 7.27. The van der Waals surface area contributed by atoms with Crippen LogP contribution in [0.15, 0.2) is 24.5 Å². The summed E-state index contributed by atoms with van der Waals surface area (Å²) in [6.07, 6.45) is 3.71. The molecule has 0 atom stereocenters. The molecule has 0 fully saturated rings. The third kappa shape index (κ3) is 5.36. The molecule has 0 bridgehead atoms. The van der Waals surface area contributed by atoms with Crippen LogP contribution in [0.25, 0.3) is 0 Å². The number of amides is 1. The van der Waals surface area contributed by atoms with Gasteiger partial charge in [0.1, 0.15) is 0 Å². The predicted molar refractivity (Wildman–Crippen MR) is 73.1 cm³/mol. The first-order valence-corrected chi connectivity index (χ1v) is 6.64. The minimum Gasteiger partial charge on any atom is -0.466 e. The minimum absolute atomic E-state index is 0.000465. The van der Waals surface area contributed by atoms with E-state index in [0.717, 1.165) is 0 Å². The number of aromatic nitrogens is 1. The molecule has 0 aliphatic heterocycles. The number of hydrogen-bond acceptors (Lipinski definition) is 5. The SMILES string of the molecule is CCOC(=O)CCN(CCCO)C(=O)c1ccncc1. The molecule has 0 radical (unpaired) electrons. The van der Waals surface area contributed by atoms with Crippen molar-refractivity contribution in [2.24, 2.45) is 0 Å². The molecule has 0 unspecified atom stereocenters. The van der Waals surface area contributed by atoms with Crippen molar-refractivity contribution in [2.45, 2.75) is 19.8 Å². The summed E-state index contributed by atoms with van der Waals surface area (Å²) in [5.74, 6) is -0.505. The van der Waals surface area contributed by atoms with Gasteiger partial charge in [-0.15, -0.1) is 0 Å². The fourth-order valence-corrected chi connectivity index (χ4v) is 1.71. The number of rotatable bonds is 8. The highest BCUT2D eigenvalue weighted by atomic mass is 16.5. The fraction of sp³-hybridized carbons (Fsp3) is 0.500. The van der Waals surface area contributed by atoms with E-state index in [2.05, 4.69) is 4.98 Å². The maximum absolute atomic E-state index is 12.3. The standard InChI is InChI=1S/C14H20N2O4/c1-2-20-13(18)6-10-16(9-3-11-17)14(19)12-4-7-15-8-5-12/h4-5,7-8,17H,2-3,6,9-11H2,1H3. The van der Waals surface area contributed by atoms with Crippen molar-refractivity contribution < 1.29 is 19.4 Å². The zero-order chi connectivity index (χ0) is 14.8. The monoisotopic (exact) mass is 280 g/mol. The Morgan fingerprint density at radius 3 is 2.60 bits per heavy atom. The Hall–Kier alpha value is -1.95. The van der Waals surface area contributed by atoms with Crippen molar-refractivity contribution in [3.05, 3.63) is 30.1 Å².